The van der Waals surface area contributed by atoms with Crippen molar-refractivity contribution in [3.63, 3.8) is 0 Å². The molecule has 9 nitrogen and oxygen atoms in total. The lowest BCUT2D eigenvalue weighted by Crippen LogP contribution is -2.52. The number of esters is 1. The van der Waals surface area contributed by atoms with Gasteiger partial charge in [0.25, 0.3) is 5.91 Å². The van der Waals surface area contributed by atoms with Crippen LogP contribution < -0.4 is 10.1 Å². The van der Waals surface area contributed by atoms with Gasteiger partial charge in [-0.25, -0.2) is 0 Å². The maximum absolute atomic E-state index is 13.0. The lowest BCUT2D eigenvalue weighted by molar-refractivity contribution is -0.160. The minimum Gasteiger partial charge on any atom is -0.489 e. The van der Waals surface area contributed by atoms with Gasteiger partial charge in [-0.3, -0.25) is 29.4 Å². The van der Waals surface area contributed by atoms with Crippen LogP contribution in [-0.2, 0) is 38.8 Å². The molecule has 3 aliphatic rings. The number of nitrogens with one attached hydrogen (secondary N) is 1. The summed E-state index contributed by atoms with van der Waals surface area (Å²) < 4.78 is 11.7. The first-order chi connectivity index (χ1) is 18.6. The zero-order valence-electron chi connectivity index (χ0n) is 22.7. The van der Waals surface area contributed by atoms with Crippen LogP contribution in [0.15, 0.2) is 42.5 Å². The molecule has 39 heavy (non-hydrogen) atoms. The van der Waals surface area contributed by atoms with Crippen LogP contribution in [0, 0.1) is 0 Å². The predicted octanol–water partition coefficient (Wildman–Crippen LogP) is 3.33. The maximum atomic E-state index is 13.0. The minimum atomic E-state index is -0.659. The first kappa shape index (κ1) is 26.9. The average Bonchev–Trinajstić information content (AvgIpc) is 3.47. The van der Waals surface area contributed by atoms with Crippen molar-refractivity contribution in [2.45, 2.75) is 83.8 Å². The molecule has 1 N–H and O–H groups in total. The number of fused-ring (bicyclic) bond motifs is 1. The van der Waals surface area contributed by atoms with Gasteiger partial charge in [0.2, 0.25) is 11.8 Å². The number of likely N-dealkylation sites (tertiary alicyclic amines) is 1. The third-order valence-electron chi connectivity index (χ3n) is 7.38. The molecule has 0 radical (unpaired) electrons. The normalized spacial score (nSPS) is 21.6. The Labute approximate surface area is 228 Å². The van der Waals surface area contributed by atoms with Gasteiger partial charge in [0.1, 0.15) is 30.0 Å². The second-order valence-corrected chi connectivity index (χ2v) is 11.4. The predicted molar refractivity (Wildman–Crippen MR) is 143 cm³/mol. The SMILES string of the molecule is CC(C)(C)OC(=O)[C@H]1CCCN1Cc1ccc(COc2cccc3c2CN(C2CCC(=O)NC2=O)C3=O)cc1. The van der Waals surface area contributed by atoms with E-state index in [1.807, 2.05) is 51.1 Å². The number of rotatable bonds is 7. The molecule has 3 heterocycles. The summed E-state index contributed by atoms with van der Waals surface area (Å²) >= 11 is 0. The third-order valence-corrected chi connectivity index (χ3v) is 7.38. The van der Waals surface area contributed by atoms with Gasteiger partial charge in [-0.15, -0.1) is 0 Å². The Bertz CT molecular complexity index is 1280. The van der Waals surface area contributed by atoms with Gasteiger partial charge in [-0.1, -0.05) is 30.3 Å². The molecular formula is C30H35N3O6. The smallest absolute Gasteiger partial charge is 0.323 e. The van der Waals surface area contributed by atoms with Gasteiger partial charge in [-0.2, -0.15) is 0 Å². The van der Waals surface area contributed by atoms with Crippen LogP contribution in [0.5, 0.6) is 5.75 Å². The Hall–Kier alpha value is -3.72. The molecule has 2 saturated heterocycles. The van der Waals surface area contributed by atoms with Crippen LogP contribution in [0.3, 0.4) is 0 Å². The second kappa shape index (κ2) is 10.8. The lowest BCUT2D eigenvalue weighted by Gasteiger charge is -2.29. The fourth-order valence-corrected chi connectivity index (χ4v) is 5.48. The first-order valence-corrected chi connectivity index (χ1v) is 13.5. The van der Waals surface area contributed by atoms with Gasteiger partial charge in [0.05, 0.1) is 6.54 Å². The summed E-state index contributed by atoms with van der Waals surface area (Å²) in [6.45, 7) is 7.80. The minimum absolute atomic E-state index is 0.157. The number of benzene rings is 2. The van der Waals surface area contributed by atoms with E-state index >= 15 is 0 Å². The summed E-state index contributed by atoms with van der Waals surface area (Å²) in [4.78, 5) is 53.2. The zero-order chi connectivity index (χ0) is 27.7. The molecule has 0 aliphatic carbocycles. The van der Waals surface area contributed by atoms with Crippen molar-refractivity contribution in [2.24, 2.45) is 0 Å². The number of hydrogen-bond donors (Lipinski definition) is 1. The molecule has 1 unspecified atom stereocenters. The fraction of sp³-hybridized carbons (Fsp3) is 0.467. The summed E-state index contributed by atoms with van der Waals surface area (Å²) in [6.07, 6.45) is 2.32. The molecule has 0 saturated carbocycles. The summed E-state index contributed by atoms with van der Waals surface area (Å²) in [7, 11) is 0. The largest absolute Gasteiger partial charge is 0.489 e. The Morgan fingerprint density at radius 1 is 1.03 bits per heavy atom. The number of nitrogens with zero attached hydrogens (tertiary/aromatic N) is 2. The lowest BCUT2D eigenvalue weighted by atomic mass is 10.0. The van der Waals surface area contributed by atoms with Crippen LogP contribution in [0.25, 0.3) is 0 Å². The van der Waals surface area contributed by atoms with Crippen molar-refractivity contribution < 1.29 is 28.7 Å². The number of carbonyl (C=O) groups is 4. The summed E-state index contributed by atoms with van der Waals surface area (Å²) in [5.41, 5.74) is 2.87. The number of amides is 3. The highest BCUT2D eigenvalue weighted by Gasteiger charge is 2.40. The molecule has 2 aromatic carbocycles. The highest BCUT2D eigenvalue weighted by Crippen LogP contribution is 2.34. The van der Waals surface area contributed by atoms with Crippen molar-refractivity contribution in [3.8, 4) is 5.75 Å². The highest BCUT2D eigenvalue weighted by atomic mass is 16.6. The fourth-order valence-electron chi connectivity index (χ4n) is 5.48. The van der Waals surface area contributed by atoms with E-state index < -0.39 is 17.6 Å². The van der Waals surface area contributed by atoms with Crippen molar-refractivity contribution in [1.29, 1.82) is 0 Å². The standard InChI is InChI=1S/C30H35N3O6/c1-30(2,3)39-29(37)24-7-5-15-32(24)16-19-9-11-20(12-10-19)18-38-25-8-4-6-21-22(25)17-33(28(21)36)23-13-14-26(34)31-27(23)35/h4,6,8-12,23-24H,5,7,13-18H2,1-3H3,(H,31,34,35)/t23?,24-/m1/s1. The molecule has 2 atom stereocenters. The Morgan fingerprint density at radius 3 is 2.49 bits per heavy atom. The van der Waals surface area contributed by atoms with Crippen molar-refractivity contribution >= 4 is 23.7 Å². The average molecular weight is 534 g/mol. The van der Waals surface area contributed by atoms with Crippen LogP contribution in [0.4, 0.5) is 0 Å². The van der Waals surface area contributed by atoms with Gasteiger partial charge in [0, 0.05) is 24.1 Å². The maximum Gasteiger partial charge on any atom is 0.323 e. The molecule has 3 amide bonds. The van der Waals surface area contributed by atoms with Crippen molar-refractivity contribution in [1.82, 2.24) is 15.1 Å². The molecular weight excluding hydrogens is 498 g/mol. The number of carbonyl (C=O) groups excluding carboxylic acids is 4. The topological polar surface area (TPSA) is 105 Å². The van der Waals surface area contributed by atoms with E-state index in [2.05, 4.69) is 10.2 Å². The summed E-state index contributed by atoms with van der Waals surface area (Å²) in [6, 6.07) is 12.6. The third kappa shape index (κ3) is 5.98. The van der Waals surface area contributed by atoms with E-state index in [9.17, 15) is 19.2 Å². The molecule has 9 heteroatoms. The van der Waals surface area contributed by atoms with Gasteiger partial charge >= 0.3 is 5.97 Å². The van der Waals surface area contributed by atoms with Crippen molar-refractivity contribution in [2.75, 3.05) is 6.54 Å². The van der Waals surface area contributed by atoms with Gasteiger partial charge < -0.3 is 14.4 Å². The van der Waals surface area contributed by atoms with E-state index in [1.54, 1.807) is 12.1 Å². The van der Waals surface area contributed by atoms with Crippen molar-refractivity contribution in [3.05, 3.63) is 64.7 Å². The summed E-state index contributed by atoms with van der Waals surface area (Å²) in [5.74, 6) is -0.506. The Kier molecular flexibility index (Phi) is 7.44. The van der Waals surface area contributed by atoms with E-state index in [1.165, 1.54) is 4.90 Å². The van der Waals surface area contributed by atoms with Crippen LogP contribution in [-0.4, -0.2) is 57.7 Å². The second-order valence-electron chi connectivity index (χ2n) is 11.4. The number of ether oxygens (including phenoxy) is 2. The number of hydrogen-bond acceptors (Lipinski definition) is 7. The first-order valence-electron chi connectivity index (χ1n) is 13.5. The molecule has 5 rings (SSSR count). The van der Waals surface area contributed by atoms with Gasteiger partial charge in [0.15, 0.2) is 0 Å². The Morgan fingerprint density at radius 2 is 1.77 bits per heavy atom. The zero-order valence-corrected chi connectivity index (χ0v) is 22.7. The number of imide groups is 1. The molecule has 0 bridgehead atoms. The molecule has 2 fully saturated rings. The molecule has 2 aromatic rings. The highest BCUT2D eigenvalue weighted by molar-refractivity contribution is 6.05. The molecule has 3 aliphatic heterocycles. The monoisotopic (exact) mass is 533 g/mol. The van der Waals surface area contributed by atoms with Crippen LogP contribution in [0.2, 0.25) is 0 Å². The van der Waals surface area contributed by atoms with Crippen LogP contribution >= 0.6 is 0 Å². The van der Waals surface area contributed by atoms with E-state index in [4.69, 9.17) is 9.47 Å². The number of piperidine rings is 1. The Balaban J connectivity index is 1.20. The van der Waals surface area contributed by atoms with E-state index in [-0.39, 0.29) is 36.8 Å². The quantitative estimate of drug-likeness (QED) is 0.430. The van der Waals surface area contributed by atoms with E-state index in [0.717, 1.165) is 36.1 Å². The summed E-state index contributed by atoms with van der Waals surface area (Å²) in [5, 5.41) is 2.33. The molecule has 0 spiro atoms. The van der Waals surface area contributed by atoms with Crippen LogP contribution in [0.1, 0.15) is 73.5 Å². The van der Waals surface area contributed by atoms with Gasteiger partial charge in [-0.05, 0) is 69.8 Å². The van der Waals surface area contributed by atoms with E-state index in [0.29, 0.717) is 30.9 Å². The molecule has 0 aromatic heterocycles. The molecule has 206 valence electrons.